The number of hydrogen-bond acceptors (Lipinski definition) is 2. The van der Waals surface area contributed by atoms with Crippen LogP contribution in [0, 0.1) is 19.7 Å². The van der Waals surface area contributed by atoms with Crippen LogP contribution in [0.1, 0.15) is 41.3 Å². The number of rotatable bonds is 4. The summed E-state index contributed by atoms with van der Waals surface area (Å²) in [5.74, 6) is -1.11. The van der Waals surface area contributed by atoms with E-state index in [0.717, 1.165) is 28.6 Å². The minimum Gasteiger partial charge on any atom is -0.369 e. The van der Waals surface area contributed by atoms with Crippen molar-refractivity contribution in [2.24, 2.45) is 5.73 Å². The predicted molar refractivity (Wildman–Crippen MR) is 94.5 cm³/mol. The van der Waals surface area contributed by atoms with Gasteiger partial charge < -0.3 is 15.6 Å². The van der Waals surface area contributed by atoms with E-state index in [9.17, 15) is 9.59 Å². The van der Waals surface area contributed by atoms with Crippen LogP contribution in [-0.4, -0.2) is 28.2 Å². The largest absolute Gasteiger partial charge is 0.369 e. The molecule has 0 bridgehead atoms. The number of fused-ring (bicyclic) bond motifs is 1. The summed E-state index contributed by atoms with van der Waals surface area (Å²) in [5.41, 5.74) is 8.92. The zero-order chi connectivity index (χ0) is 18.3. The molecule has 1 aliphatic rings. The van der Waals surface area contributed by atoms with Crippen LogP contribution < -0.4 is 5.73 Å². The Morgan fingerprint density at radius 3 is 2.84 bits per heavy atom. The number of primary amides is 1. The lowest BCUT2D eigenvalue weighted by atomic mass is 9.93. The third-order valence-corrected chi connectivity index (χ3v) is 5.06. The number of nitrogens with one attached hydrogen (secondary N) is 1. The maximum absolute atomic E-state index is 15.1. The Bertz CT molecular complexity index is 885. The second-order valence-electron chi connectivity index (χ2n) is 6.59. The molecule has 3 rings (SSSR count). The fourth-order valence-corrected chi connectivity index (χ4v) is 3.82. The average Bonchev–Trinajstić information content (AvgIpc) is 3.13. The Kier molecular flexibility index (Phi) is 4.37. The van der Waals surface area contributed by atoms with Gasteiger partial charge in [0.05, 0.1) is 18.0 Å². The van der Waals surface area contributed by atoms with Gasteiger partial charge in [0.25, 0.3) is 0 Å². The first-order chi connectivity index (χ1) is 11.8. The highest BCUT2D eigenvalue weighted by atomic mass is 19.1. The molecule has 3 N–H and O–H groups in total. The van der Waals surface area contributed by atoms with Crippen LogP contribution in [0.4, 0.5) is 4.39 Å². The second-order valence-corrected chi connectivity index (χ2v) is 6.59. The van der Waals surface area contributed by atoms with Crippen LogP contribution in [0.25, 0.3) is 10.9 Å². The van der Waals surface area contributed by atoms with E-state index >= 15 is 4.39 Å². The molecule has 0 spiro atoms. The number of aryl methyl sites for hydroxylation is 2. The van der Waals surface area contributed by atoms with Crippen LogP contribution in [0.2, 0.25) is 0 Å². The number of nitrogens with two attached hydrogens (primary N) is 1. The van der Waals surface area contributed by atoms with Crippen molar-refractivity contribution in [2.45, 2.75) is 39.2 Å². The first-order valence-electron chi connectivity index (χ1n) is 8.36. The summed E-state index contributed by atoms with van der Waals surface area (Å²) in [5, 5.41) is 0.752. The summed E-state index contributed by atoms with van der Waals surface area (Å²) in [6.07, 6.45) is 2.75. The summed E-state index contributed by atoms with van der Waals surface area (Å²) in [6, 6.07) is 1.04. The van der Waals surface area contributed by atoms with Gasteiger partial charge in [0.2, 0.25) is 11.8 Å². The highest BCUT2D eigenvalue weighted by molar-refractivity contribution is 5.94. The van der Waals surface area contributed by atoms with Gasteiger partial charge in [-0.3, -0.25) is 9.59 Å². The van der Waals surface area contributed by atoms with E-state index in [1.807, 2.05) is 13.8 Å². The van der Waals surface area contributed by atoms with Gasteiger partial charge in [-0.2, -0.15) is 0 Å². The number of amides is 2. The van der Waals surface area contributed by atoms with Gasteiger partial charge in [0, 0.05) is 23.2 Å². The van der Waals surface area contributed by atoms with E-state index in [-0.39, 0.29) is 18.4 Å². The number of H-pyrrole nitrogens is 1. The highest BCUT2D eigenvalue weighted by Crippen LogP contribution is 2.40. The van der Waals surface area contributed by atoms with Crippen molar-refractivity contribution in [1.29, 1.82) is 0 Å². The SMILES string of the molecule is C=CC(=O)N1CCCC1c1c(F)cc(CC(N)=O)c2[nH]c(C)c(C)c12. The smallest absolute Gasteiger partial charge is 0.246 e. The van der Waals surface area contributed by atoms with Crippen LogP contribution in [0.5, 0.6) is 0 Å². The molecule has 1 atom stereocenters. The van der Waals surface area contributed by atoms with Gasteiger partial charge in [-0.25, -0.2) is 4.39 Å². The van der Waals surface area contributed by atoms with Gasteiger partial charge >= 0.3 is 0 Å². The number of hydrogen-bond donors (Lipinski definition) is 2. The molecule has 1 aromatic carbocycles. The molecule has 0 radical (unpaired) electrons. The molecule has 132 valence electrons. The Morgan fingerprint density at radius 1 is 1.48 bits per heavy atom. The fourth-order valence-electron chi connectivity index (χ4n) is 3.82. The number of aromatic amines is 1. The average molecular weight is 343 g/mol. The van der Waals surface area contributed by atoms with Crippen molar-refractivity contribution >= 4 is 22.7 Å². The fraction of sp³-hybridized carbons (Fsp3) is 0.368. The van der Waals surface area contributed by atoms with Crippen LogP contribution in [0.3, 0.4) is 0 Å². The molecule has 1 aromatic heterocycles. The van der Waals surface area contributed by atoms with Crippen LogP contribution in [0.15, 0.2) is 18.7 Å². The molecule has 1 unspecified atom stereocenters. The Labute approximate surface area is 145 Å². The predicted octanol–water partition coefficient (Wildman–Crippen LogP) is 2.80. The van der Waals surface area contributed by atoms with E-state index in [1.54, 1.807) is 4.90 Å². The number of nitrogens with zero attached hydrogens (tertiary/aromatic N) is 1. The minimum absolute atomic E-state index is 0.0347. The number of halogens is 1. The summed E-state index contributed by atoms with van der Waals surface area (Å²) < 4.78 is 15.1. The molecular formula is C19H22FN3O2. The summed E-state index contributed by atoms with van der Waals surface area (Å²) in [4.78, 5) is 28.4. The van der Waals surface area contributed by atoms with E-state index in [2.05, 4.69) is 11.6 Å². The molecule has 2 amide bonds. The Morgan fingerprint density at radius 2 is 2.20 bits per heavy atom. The summed E-state index contributed by atoms with van der Waals surface area (Å²) in [6.45, 7) is 7.95. The normalized spacial score (nSPS) is 17.2. The van der Waals surface area contributed by atoms with E-state index in [1.165, 1.54) is 12.1 Å². The molecule has 0 saturated carbocycles. The molecule has 2 aromatic rings. The van der Waals surface area contributed by atoms with E-state index in [0.29, 0.717) is 24.1 Å². The number of carbonyl (C=O) groups excluding carboxylic acids is 2. The summed E-state index contributed by atoms with van der Waals surface area (Å²) >= 11 is 0. The lowest BCUT2D eigenvalue weighted by Crippen LogP contribution is -2.29. The monoisotopic (exact) mass is 343 g/mol. The van der Waals surface area contributed by atoms with E-state index in [4.69, 9.17) is 5.73 Å². The van der Waals surface area contributed by atoms with Gasteiger partial charge in [0.15, 0.2) is 0 Å². The maximum atomic E-state index is 15.1. The quantitative estimate of drug-likeness (QED) is 0.837. The molecular weight excluding hydrogens is 321 g/mol. The van der Waals surface area contributed by atoms with Crippen LogP contribution >= 0.6 is 0 Å². The number of benzene rings is 1. The zero-order valence-electron chi connectivity index (χ0n) is 14.5. The van der Waals surface area contributed by atoms with Gasteiger partial charge in [-0.05, 0) is 50.0 Å². The molecule has 6 heteroatoms. The van der Waals surface area contributed by atoms with Crippen molar-refractivity contribution in [2.75, 3.05) is 6.54 Å². The van der Waals surface area contributed by atoms with Crippen LogP contribution in [-0.2, 0) is 16.0 Å². The number of carbonyl (C=O) groups is 2. The van der Waals surface area contributed by atoms with Gasteiger partial charge in [-0.15, -0.1) is 0 Å². The second kappa shape index (κ2) is 6.35. The molecule has 2 heterocycles. The van der Waals surface area contributed by atoms with Gasteiger partial charge in [0.1, 0.15) is 5.82 Å². The van der Waals surface area contributed by atoms with E-state index < -0.39 is 11.7 Å². The number of likely N-dealkylation sites (tertiary alicyclic amines) is 1. The Hall–Kier alpha value is -2.63. The summed E-state index contributed by atoms with van der Waals surface area (Å²) in [7, 11) is 0. The highest BCUT2D eigenvalue weighted by Gasteiger charge is 2.33. The maximum Gasteiger partial charge on any atom is 0.246 e. The zero-order valence-corrected chi connectivity index (χ0v) is 14.5. The molecule has 25 heavy (non-hydrogen) atoms. The number of aromatic nitrogens is 1. The minimum atomic E-state index is -0.511. The van der Waals surface area contributed by atoms with Crippen molar-refractivity contribution in [3.05, 3.63) is 46.9 Å². The van der Waals surface area contributed by atoms with Gasteiger partial charge in [-0.1, -0.05) is 6.58 Å². The van der Waals surface area contributed by atoms with Crippen molar-refractivity contribution in [1.82, 2.24) is 9.88 Å². The van der Waals surface area contributed by atoms with Crippen molar-refractivity contribution < 1.29 is 14.0 Å². The molecule has 5 nitrogen and oxygen atoms in total. The topological polar surface area (TPSA) is 79.2 Å². The molecule has 1 saturated heterocycles. The molecule has 1 fully saturated rings. The third-order valence-electron chi connectivity index (χ3n) is 5.06. The van der Waals surface area contributed by atoms with Crippen molar-refractivity contribution in [3.63, 3.8) is 0 Å². The third kappa shape index (κ3) is 2.81. The first-order valence-corrected chi connectivity index (χ1v) is 8.36. The molecule has 1 aliphatic heterocycles. The van der Waals surface area contributed by atoms with Crippen molar-refractivity contribution in [3.8, 4) is 0 Å². The molecule has 0 aliphatic carbocycles. The standard InChI is InChI=1S/C19H22FN3O2/c1-4-16(25)23-7-5-6-14(23)18-13(20)8-12(9-15(21)24)19-17(18)10(2)11(3)22-19/h4,8,14,22H,1,5-7,9H2,2-3H3,(H2,21,24). The lowest BCUT2D eigenvalue weighted by molar-refractivity contribution is -0.126. The first kappa shape index (κ1) is 17.2. The Balaban J connectivity index is 2.25. The lowest BCUT2D eigenvalue weighted by Gasteiger charge is -2.25.